The standard InChI is InChI=1S/C12H18Cl2N2/c1-12(2,15)4-3-5-16-11-7-9(13)6-10(14)8-11/h6-8,16H,3-5,15H2,1-2H3. The van der Waals surface area contributed by atoms with Gasteiger partial charge in [-0.05, 0) is 44.9 Å². The van der Waals surface area contributed by atoms with Crippen LogP contribution in [0.1, 0.15) is 26.7 Å². The van der Waals surface area contributed by atoms with Crippen LogP contribution in [0.15, 0.2) is 18.2 Å². The van der Waals surface area contributed by atoms with Crippen LogP contribution in [0.5, 0.6) is 0 Å². The fourth-order valence-electron chi connectivity index (χ4n) is 1.43. The third-order valence-electron chi connectivity index (χ3n) is 2.19. The van der Waals surface area contributed by atoms with Gasteiger partial charge in [0.05, 0.1) is 0 Å². The number of rotatable bonds is 5. The fraction of sp³-hybridized carbons (Fsp3) is 0.500. The Labute approximate surface area is 107 Å². The largest absolute Gasteiger partial charge is 0.385 e. The molecule has 0 unspecified atom stereocenters. The second-order valence-corrected chi connectivity index (χ2v) is 5.55. The number of nitrogens with two attached hydrogens (primary N) is 1. The van der Waals surface area contributed by atoms with E-state index < -0.39 is 0 Å². The Morgan fingerprint density at radius 1 is 1.19 bits per heavy atom. The van der Waals surface area contributed by atoms with Crippen LogP contribution in [0, 0.1) is 0 Å². The molecule has 0 bridgehead atoms. The normalized spacial score (nSPS) is 11.6. The summed E-state index contributed by atoms with van der Waals surface area (Å²) in [6.45, 7) is 4.93. The van der Waals surface area contributed by atoms with E-state index in [0.29, 0.717) is 10.0 Å². The molecule has 1 aromatic rings. The summed E-state index contributed by atoms with van der Waals surface area (Å²) in [4.78, 5) is 0. The number of benzene rings is 1. The predicted molar refractivity (Wildman–Crippen MR) is 72.5 cm³/mol. The smallest absolute Gasteiger partial charge is 0.0441 e. The molecule has 0 atom stereocenters. The van der Waals surface area contributed by atoms with Crippen molar-refractivity contribution in [2.45, 2.75) is 32.2 Å². The molecular formula is C12H18Cl2N2. The topological polar surface area (TPSA) is 38.0 Å². The summed E-state index contributed by atoms with van der Waals surface area (Å²) in [5.74, 6) is 0. The van der Waals surface area contributed by atoms with Crippen LogP contribution < -0.4 is 11.1 Å². The van der Waals surface area contributed by atoms with Crippen LogP contribution in [0.4, 0.5) is 5.69 Å². The van der Waals surface area contributed by atoms with Crippen molar-refractivity contribution >= 4 is 28.9 Å². The van der Waals surface area contributed by atoms with Crippen molar-refractivity contribution in [3.8, 4) is 0 Å². The highest BCUT2D eigenvalue weighted by Crippen LogP contribution is 2.22. The zero-order valence-corrected chi connectivity index (χ0v) is 11.2. The molecule has 0 amide bonds. The molecule has 0 aliphatic carbocycles. The number of hydrogen-bond acceptors (Lipinski definition) is 2. The summed E-state index contributed by atoms with van der Waals surface area (Å²) >= 11 is 11.8. The minimum absolute atomic E-state index is 0.104. The van der Waals surface area contributed by atoms with Crippen molar-refractivity contribution in [3.63, 3.8) is 0 Å². The minimum atomic E-state index is -0.104. The average Bonchev–Trinajstić information content (AvgIpc) is 2.09. The number of anilines is 1. The Balaban J connectivity index is 2.37. The van der Waals surface area contributed by atoms with Crippen molar-refractivity contribution < 1.29 is 0 Å². The van der Waals surface area contributed by atoms with E-state index >= 15 is 0 Å². The maximum atomic E-state index is 5.89. The van der Waals surface area contributed by atoms with E-state index in [4.69, 9.17) is 28.9 Å². The Kier molecular flexibility index (Phi) is 4.90. The molecule has 4 heteroatoms. The van der Waals surface area contributed by atoms with E-state index in [1.807, 2.05) is 26.0 Å². The molecule has 0 aromatic heterocycles. The van der Waals surface area contributed by atoms with Crippen LogP contribution in [0.2, 0.25) is 10.0 Å². The monoisotopic (exact) mass is 260 g/mol. The number of halogens is 2. The number of nitrogens with one attached hydrogen (secondary N) is 1. The third-order valence-corrected chi connectivity index (χ3v) is 2.63. The van der Waals surface area contributed by atoms with Crippen molar-refractivity contribution in [2.75, 3.05) is 11.9 Å². The van der Waals surface area contributed by atoms with Gasteiger partial charge in [0, 0.05) is 27.8 Å². The molecule has 0 fully saturated rings. The zero-order valence-electron chi connectivity index (χ0n) is 9.69. The van der Waals surface area contributed by atoms with Gasteiger partial charge in [-0.25, -0.2) is 0 Å². The lowest BCUT2D eigenvalue weighted by Crippen LogP contribution is -2.32. The lowest BCUT2D eigenvalue weighted by Gasteiger charge is -2.18. The van der Waals surface area contributed by atoms with Gasteiger partial charge in [0.2, 0.25) is 0 Å². The summed E-state index contributed by atoms with van der Waals surface area (Å²) < 4.78 is 0. The van der Waals surface area contributed by atoms with E-state index in [2.05, 4.69) is 5.32 Å². The highest BCUT2D eigenvalue weighted by atomic mass is 35.5. The fourth-order valence-corrected chi connectivity index (χ4v) is 1.96. The lowest BCUT2D eigenvalue weighted by atomic mass is 10.0. The van der Waals surface area contributed by atoms with Gasteiger partial charge < -0.3 is 11.1 Å². The minimum Gasteiger partial charge on any atom is -0.385 e. The summed E-state index contributed by atoms with van der Waals surface area (Å²) in [6, 6.07) is 5.44. The first-order valence-corrected chi connectivity index (χ1v) is 6.11. The summed E-state index contributed by atoms with van der Waals surface area (Å²) in [5, 5.41) is 4.57. The van der Waals surface area contributed by atoms with Gasteiger partial charge in [0.15, 0.2) is 0 Å². The van der Waals surface area contributed by atoms with Crippen LogP contribution in [0.25, 0.3) is 0 Å². The van der Waals surface area contributed by atoms with Gasteiger partial charge in [-0.15, -0.1) is 0 Å². The quantitative estimate of drug-likeness (QED) is 0.788. The van der Waals surface area contributed by atoms with Crippen LogP contribution in [-0.2, 0) is 0 Å². The van der Waals surface area contributed by atoms with Crippen LogP contribution in [-0.4, -0.2) is 12.1 Å². The maximum absolute atomic E-state index is 5.89. The molecule has 0 saturated heterocycles. The van der Waals surface area contributed by atoms with Crippen LogP contribution in [0.3, 0.4) is 0 Å². The molecule has 1 rings (SSSR count). The Morgan fingerprint density at radius 2 is 1.75 bits per heavy atom. The zero-order chi connectivity index (χ0) is 12.2. The van der Waals surface area contributed by atoms with Crippen LogP contribution >= 0.6 is 23.2 Å². The highest BCUT2D eigenvalue weighted by Gasteiger charge is 2.09. The van der Waals surface area contributed by atoms with Crippen molar-refractivity contribution in [1.82, 2.24) is 0 Å². The van der Waals surface area contributed by atoms with E-state index in [1.54, 1.807) is 6.07 Å². The molecule has 2 nitrogen and oxygen atoms in total. The molecule has 0 heterocycles. The predicted octanol–water partition coefficient (Wildman–Crippen LogP) is 3.92. The molecule has 90 valence electrons. The molecular weight excluding hydrogens is 243 g/mol. The van der Waals surface area contributed by atoms with Gasteiger partial charge in [0.25, 0.3) is 0 Å². The maximum Gasteiger partial charge on any atom is 0.0441 e. The number of hydrogen-bond donors (Lipinski definition) is 2. The molecule has 0 spiro atoms. The first kappa shape index (κ1) is 13.6. The van der Waals surface area contributed by atoms with Gasteiger partial charge in [-0.3, -0.25) is 0 Å². The Hall–Kier alpha value is -0.440. The highest BCUT2D eigenvalue weighted by molar-refractivity contribution is 6.35. The van der Waals surface area contributed by atoms with E-state index in [9.17, 15) is 0 Å². The second kappa shape index (κ2) is 5.76. The first-order chi connectivity index (χ1) is 7.37. The Morgan fingerprint density at radius 3 is 2.25 bits per heavy atom. The van der Waals surface area contributed by atoms with Crippen molar-refractivity contribution in [2.24, 2.45) is 5.73 Å². The van der Waals surface area contributed by atoms with Gasteiger partial charge in [-0.1, -0.05) is 23.2 Å². The van der Waals surface area contributed by atoms with E-state index in [1.165, 1.54) is 0 Å². The van der Waals surface area contributed by atoms with E-state index in [0.717, 1.165) is 25.1 Å². The van der Waals surface area contributed by atoms with E-state index in [-0.39, 0.29) is 5.54 Å². The molecule has 3 N–H and O–H groups in total. The third kappa shape index (κ3) is 5.59. The molecule has 16 heavy (non-hydrogen) atoms. The molecule has 0 aliphatic heterocycles. The van der Waals surface area contributed by atoms with Crippen molar-refractivity contribution in [1.29, 1.82) is 0 Å². The lowest BCUT2D eigenvalue weighted by molar-refractivity contribution is 0.465. The SMILES string of the molecule is CC(C)(N)CCCNc1cc(Cl)cc(Cl)c1. The van der Waals surface area contributed by atoms with Gasteiger partial charge in [0.1, 0.15) is 0 Å². The summed E-state index contributed by atoms with van der Waals surface area (Å²) in [5.41, 5.74) is 6.74. The van der Waals surface area contributed by atoms with Crippen molar-refractivity contribution in [3.05, 3.63) is 28.2 Å². The Bertz CT molecular complexity index is 325. The van der Waals surface area contributed by atoms with Gasteiger partial charge >= 0.3 is 0 Å². The molecule has 0 saturated carbocycles. The van der Waals surface area contributed by atoms with Gasteiger partial charge in [-0.2, -0.15) is 0 Å². The molecule has 0 aliphatic rings. The average molecular weight is 261 g/mol. The molecule has 0 radical (unpaired) electrons. The first-order valence-electron chi connectivity index (χ1n) is 5.36. The second-order valence-electron chi connectivity index (χ2n) is 4.68. The summed E-state index contributed by atoms with van der Waals surface area (Å²) in [7, 11) is 0. The molecule has 1 aromatic carbocycles. The summed E-state index contributed by atoms with van der Waals surface area (Å²) in [6.07, 6.45) is 2.00.